The van der Waals surface area contributed by atoms with E-state index in [4.69, 9.17) is 0 Å². The number of pyridine rings is 1. The van der Waals surface area contributed by atoms with Crippen molar-refractivity contribution in [2.45, 2.75) is 19.2 Å². The minimum Gasteiger partial charge on any atom is -0.463 e. The molecule has 8 heteroatoms. The Morgan fingerprint density at radius 2 is 2.00 bits per heavy atom. The Labute approximate surface area is 128 Å². The van der Waals surface area contributed by atoms with Crippen LogP contribution in [0.1, 0.15) is 6.92 Å². The lowest BCUT2D eigenvalue weighted by Gasteiger charge is -2.17. The van der Waals surface area contributed by atoms with E-state index in [0.717, 1.165) is 18.5 Å². The Balaban J connectivity index is 1.89. The molecule has 3 heterocycles. The Kier molecular flexibility index (Phi) is 3.67. The summed E-state index contributed by atoms with van der Waals surface area (Å²) in [6.07, 6.45) is -2.15. The van der Waals surface area contributed by atoms with Gasteiger partial charge in [-0.05, 0) is 31.2 Å². The van der Waals surface area contributed by atoms with E-state index in [2.05, 4.69) is 14.7 Å². The molecular formula is C15H11F4N3O. The van der Waals surface area contributed by atoms with Crippen molar-refractivity contribution in [3.8, 4) is 17.1 Å². The molecule has 0 unspecified atom stereocenters. The summed E-state index contributed by atoms with van der Waals surface area (Å²) in [5.74, 6) is -1.67. The van der Waals surface area contributed by atoms with Gasteiger partial charge in [0.25, 0.3) is 5.88 Å². The lowest BCUT2D eigenvalue weighted by atomic mass is 10.2. The molecule has 3 aromatic rings. The van der Waals surface area contributed by atoms with E-state index in [1.807, 2.05) is 12.1 Å². The Morgan fingerprint density at radius 3 is 2.70 bits per heavy atom. The third kappa shape index (κ3) is 3.10. The molecule has 0 amide bonds. The summed E-state index contributed by atoms with van der Waals surface area (Å²) in [6, 6.07) is 6.44. The lowest BCUT2D eigenvalue weighted by molar-refractivity contribution is -0.190. The molecule has 1 atom stereocenters. The molecule has 0 bridgehead atoms. The molecule has 0 radical (unpaired) electrons. The third-order valence-electron chi connectivity index (χ3n) is 3.27. The van der Waals surface area contributed by atoms with Crippen molar-refractivity contribution in [3.05, 3.63) is 48.8 Å². The van der Waals surface area contributed by atoms with Crippen LogP contribution in [0.15, 0.2) is 43.0 Å². The van der Waals surface area contributed by atoms with Gasteiger partial charge in [-0.3, -0.25) is 0 Å². The first-order valence-electron chi connectivity index (χ1n) is 6.66. The van der Waals surface area contributed by atoms with Gasteiger partial charge < -0.3 is 9.14 Å². The van der Waals surface area contributed by atoms with Crippen molar-refractivity contribution in [3.63, 3.8) is 0 Å². The maximum absolute atomic E-state index is 14.0. The van der Waals surface area contributed by atoms with E-state index < -0.39 is 24.0 Å². The molecule has 0 N–H and O–H groups in total. The second-order valence-corrected chi connectivity index (χ2v) is 4.93. The molecule has 0 spiro atoms. The predicted octanol–water partition coefficient (Wildman–Crippen LogP) is 3.87. The van der Waals surface area contributed by atoms with Gasteiger partial charge >= 0.3 is 6.18 Å². The van der Waals surface area contributed by atoms with Crippen LogP contribution >= 0.6 is 0 Å². The normalized spacial score (nSPS) is 13.3. The van der Waals surface area contributed by atoms with Crippen LogP contribution in [-0.2, 0) is 0 Å². The van der Waals surface area contributed by atoms with Crippen LogP contribution in [0.3, 0.4) is 0 Å². The van der Waals surface area contributed by atoms with Gasteiger partial charge in [0.05, 0.1) is 12.0 Å². The van der Waals surface area contributed by atoms with Gasteiger partial charge in [-0.25, -0.2) is 14.4 Å². The van der Waals surface area contributed by atoms with Gasteiger partial charge in [-0.15, -0.1) is 0 Å². The summed E-state index contributed by atoms with van der Waals surface area (Å²) < 4.78 is 57.6. The molecule has 3 rings (SSSR count). The number of fused-ring (bicyclic) bond motifs is 1. The van der Waals surface area contributed by atoms with Crippen molar-refractivity contribution in [1.82, 2.24) is 14.4 Å². The third-order valence-corrected chi connectivity index (χ3v) is 3.27. The molecule has 0 saturated carbocycles. The summed E-state index contributed by atoms with van der Waals surface area (Å²) in [7, 11) is 0. The number of halogens is 4. The first-order valence-corrected chi connectivity index (χ1v) is 6.66. The van der Waals surface area contributed by atoms with E-state index in [9.17, 15) is 17.6 Å². The molecule has 0 aromatic carbocycles. The van der Waals surface area contributed by atoms with Gasteiger partial charge in [0, 0.05) is 23.5 Å². The van der Waals surface area contributed by atoms with Gasteiger partial charge in [-0.1, -0.05) is 0 Å². The van der Waals surface area contributed by atoms with E-state index in [1.54, 1.807) is 23.0 Å². The first-order chi connectivity index (χ1) is 10.8. The number of rotatable bonds is 3. The van der Waals surface area contributed by atoms with Crippen molar-refractivity contribution in [2.75, 3.05) is 0 Å². The van der Waals surface area contributed by atoms with Gasteiger partial charge in [-0.2, -0.15) is 13.2 Å². The SMILES string of the molecule is C[C@@H](Oc1ncc(-c2cc3cccn3cn2)cc1F)C(F)(F)F. The Bertz CT molecular complexity index is 844. The topological polar surface area (TPSA) is 39.4 Å². The zero-order valence-corrected chi connectivity index (χ0v) is 11.9. The maximum Gasteiger partial charge on any atom is 0.425 e. The number of ether oxygens (including phenoxy) is 1. The lowest BCUT2D eigenvalue weighted by Crippen LogP contribution is -2.31. The van der Waals surface area contributed by atoms with E-state index in [0.29, 0.717) is 11.3 Å². The fourth-order valence-corrected chi connectivity index (χ4v) is 1.98. The Hall–Kier alpha value is -2.64. The highest BCUT2D eigenvalue weighted by Crippen LogP contribution is 2.27. The van der Waals surface area contributed by atoms with Gasteiger partial charge in [0.1, 0.15) is 0 Å². The molecule has 0 aliphatic rings. The zero-order valence-electron chi connectivity index (χ0n) is 11.9. The number of nitrogens with zero attached hydrogens (tertiary/aromatic N) is 3. The molecule has 0 aliphatic heterocycles. The summed E-state index contributed by atoms with van der Waals surface area (Å²) in [4.78, 5) is 7.79. The van der Waals surface area contributed by atoms with Crippen molar-refractivity contribution in [1.29, 1.82) is 0 Å². The van der Waals surface area contributed by atoms with E-state index in [1.165, 1.54) is 6.20 Å². The summed E-state index contributed by atoms with van der Waals surface area (Å²) in [5, 5.41) is 0. The number of hydrogen-bond donors (Lipinski definition) is 0. The molecule has 23 heavy (non-hydrogen) atoms. The Morgan fingerprint density at radius 1 is 1.22 bits per heavy atom. The van der Waals surface area contributed by atoms with Gasteiger partial charge in [0.2, 0.25) is 0 Å². The predicted molar refractivity (Wildman–Crippen MR) is 74.5 cm³/mol. The smallest absolute Gasteiger partial charge is 0.425 e. The second-order valence-electron chi connectivity index (χ2n) is 4.93. The van der Waals surface area contributed by atoms with Crippen LogP contribution in [0.2, 0.25) is 0 Å². The second kappa shape index (κ2) is 5.53. The highest BCUT2D eigenvalue weighted by atomic mass is 19.4. The van der Waals surface area contributed by atoms with Crippen molar-refractivity contribution in [2.24, 2.45) is 0 Å². The van der Waals surface area contributed by atoms with Crippen molar-refractivity contribution >= 4 is 5.52 Å². The molecule has 120 valence electrons. The zero-order chi connectivity index (χ0) is 16.6. The summed E-state index contributed by atoms with van der Waals surface area (Å²) in [6.45, 7) is 0.789. The highest BCUT2D eigenvalue weighted by molar-refractivity contribution is 5.64. The number of alkyl halides is 3. The van der Waals surface area contributed by atoms with Gasteiger partial charge in [0.15, 0.2) is 11.9 Å². The van der Waals surface area contributed by atoms with Crippen LogP contribution in [-0.4, -0.2) is 26.6 Å². The fraction of sp³-hybridized carbons (Fsp3) is 0.200. The minimum atomic E-state index is -4.59. The molecular weight excluding hydrogens is 314 g/mol. The number of aromatic nitrogens is 3. The number of hydrogen-bond acceptors (Lipinski definition) is 3. The minimum absolute atomic E-state index is 0.346. The highest BCUT2D eigenvalue weighted by Gasteiger charge is 2.38. The first kappa shape index (κ1) is 15.3. The molecule has 0 aliphatic carbocycles. The van der Waals surface area contributed by atoms with Crippen LogP contribution in [0.4, 0.5) is 17.6 Å². The maximum atomic E-state index is 14.0. The van der Waals surface area contributed by atoms with Crippen LogP contribution in [0.5, 0.6) is 5.88 Å². The molecule has 0 saturated heterocycles. The summed E-state index contributed by atoms with van der Waals surface area (Å²) >= 11 is 0. The van der Waals surface area contributed by atoms with Crippen LogP contribution < -0.4 is 4.74 Å². The van der Waals surface area contributed by atoms with Crippen LogP contribution in [0, 0.1) is 5.82 Å². The fourth-order valence-electron chi connectivity index (χ4n) is 1.98. The quantitative estimate of drug-likeness (QED) is 0.686. The monoisotopic (exact) mass is 325 g/mol. The summed E-state index contributed by atoms with van der Waals surface area (Å²) in [5.41, 5.74) is 1.65. The molecule has 3 aromatic heterocycles. The van der Waals surface area contributed by atoms with E-state index >= 15 is 0 Å². The average Bonchev–Trinajstić information content (AvgIpc) is 2.95. The van der Waals surface area contributed by atoms with E-state index in [-0.39, 0.29) is 0 Å². The average molecular weight is 325 g/mol. The largest absolute Gasteiger partial charge is 0.463 e. The standard InChI is InChI=1S/C15H11F4N3O/c1-9(15(17,18)19)23-14-12(16)5-10(7-20-14)13-6-11-3-2-4-22(11)8-21-13/h2-9H,1H3/t9-/m1/s1. The van der Waals surface area contributed by atoms with Crippen LogP contribution in [0.25, 0.3) is 16.8 Å². The molecule has 4 nitrogen and oxygen atoms in total. The molecule has 0 fully saturated rings. The van der Waals surface area contributed by atoms with Crippen molar-refractivity contribution < 1.29 is 22.3 Å².